The van der Waals surface area contributed by atoms with E-state index in [1.165, 1.54) is 0 Å². The van der Waals surface area contributed by atoms with Crippen LogP contribution in [0.25, 0.3) is 0 Å². The molecule has 0 aliphatic carbocycles. The normalized spacial score (nSPS) is 22.0. The molecule has 28 heavy (non-hydrogen) atoms. The van der Waals surface area contributed by atoms with Crippen LogP contribution in [0.1, 0.15) is 55.6 Å². The Labute approximate surface area is 167 Å². The summed E-state index contributed by atoms with van der Waals surface area (Å²) in [4.78, 5) is 30.4. The fourth-order valence-corrected chi connectivity index (χ4v) is 4.34. The van der Waals surface area contributed by atoms with Crippen molar-refractivity contribution < 1.29 is 14.3 Å². The molecule has 0 saturated carbocycles. The SMILES string of the molecule is CCOC(=O)N1CCCC(N2CCC(n3nccc3C(=O)N(C)C)CC2)CC1. The van der Waals surface area contributed by atoms with E-state index < -0.39 is 0 Å². The monoisotopic (exact) mass is 391 g/mol. The molecule has 0 aromatic carbocycles. The van der Waals surface area contributed by atoms with Crippen molar-refractivity contribution >= 4 is 12.0 Å². The van der Waals surface area contributed by atoms with Crippen molar-refractivity contribution in [3.63, 3.8) is 0 Å². The van der Waals surface area contributed by atoms with Crippen LogP contribution in [0.15, 0.2) is 12.3 Å². The molecule has 2 fully saturated rings. The quantitative estimate of drug-likeness (QED) is 0.787. The average Bonchev–Trinajstić information content (AvgIpc) is 3.04. The van der Waals surface area contributed by atoms with E-state index in [4.69, 9.17) is 4.74 Å². The largest absolute Gasteiger partial charge is 0.450 e. The van der Waals surface area contributed by atoms with Crippen LogP contribution in [-0.2, 0) is 4.74 Å². The van der Waals surface area contributed by atoms with Gasteiger partial charge in [-0.1, -0.05) is 0 Å². The molecule has 8 heteroatoms. The molecule has 2 saturated heterocycles. The van der Waals surface area contributed by atoms with Crippen molar-refractivity contribution in [3.8, 4) is 0 Å². The summed E-state index contributed by atoms with van der Waals surface area (Å²) in [6, 6.07) is 2.59. The summed E-state index contributed by atoms with van der Waals surface area (Å²) >= 11 is 0. The minimum atomic E-state index is -0.182. The second-order valence-corrected chi connectivity index (χ2v) is 7.90. The molecular weight excluding hydrogens is 358 g/mol. The summed E-state index contributed by atoms with van der Waals surface area (Å²) in [6.07, 6.45) is 6.66. The minimum absolute atomic E-state index is 0.00255. The molecule has 2 aliphatic rings. The summed E-state index contributed by atoms with van der Waals surface area (Å²) < 4.78 is 7.06. The van der Waals surface area contributed by atoms with E-state index in [-0.39, 0.29) is 18.0 Å². The molecule has 1 atom stereocenters. The maximum absolute atomic E-state index is 12.4. The van der Waals surface area contributed by atoms with Crippen molar-refractivity contribution in [2.45, 2.75) is 51.1 Å². The first-order chi connectivity index (χ1) is 13.5. The van der Waals surface area contributed by atoms with Crippen molar-refractivity contribution in [3.05, 3.63) is 18.0 Å². The summed E-state index contributed by atoms with van der Waals surface area (Å²) in [7, 11) is 3.54. The van der Waals surface area contributed by atoms with Crippen LogP contribution in [0.5, 0.6) is 0 Å². The molecule has 3 heterocycles. The van der Waals surface area contributed by atoms with Gasteiger partial charge in [0, 0.05) is 52.5 Å². The number of ether oxygens (including phenoxy) is 1. The first kappa shape index (κ1) is 20.6. The highest BCUT2D eigenvalue weighted by Gasteiger charge is 2.30. The fourth-order valence-electron chi connectivity index (χ4n) is 4.34. The zero-order valence-electron chi connectivity index (χ0n) is 17.3. The van der Waals surface area contributed by atoms with Crippen molar-refractivity contribution in [2.75, 3.05) is 46.9 Å². The highest BCUT2D eigenvalue weighted by Crippen LogP contribution is 2.27. The van der Waals surface area contributed by atoms with Gasteiger partial charge < -0.3 is 19.4 Å². The van der Waals surface area contributed by atoms with Crippen LogP contribution in [0.3, 0.4) is 0 Å². The zero-order valence-corrected chi connectivity index (χ0v) is 17.3. The predicted molar refractivity (Wildman–Crippen MR) is 106 cm³/mol. The van der Waals surface area contributed by atoms with E-state index >= 15 is 0 Å². The van der Waals surface area contributed by atoms with Crippen LogP contribution >= 0.6 is 0 Å². The molecule has 156 valence electrons. The molecule has 0 N–H and O–H groups in total. The molecule has 0 radical (unpaired) electrons. The number of hydrogen-bond donors (Lipinski definition) is 0. The first-order valence-corrected chi connectivity index (χ1v) is 10.4. The summed E-state index contributed by atoms with van der Waals surface area (Å²) in [5.41, 5.74) is 0.669. The Morgan fingerprint density at radius 3 is 2.50 bits per heavy atom. The zero-order chi connectivity index (χ0) is 20.1. The van der Waals surface area contributed by atoms with E-state index in [0.29, 0.717) is 18.3 Å². The van der Waals surface area contributed by atoms with E-state index in [9.17, 15) is 9.59 Å². The highest BCUT2D eigenvalue weighted by atomic mass is 16.6. The van der Waals surface area contributed by atoms with Crippen LogP contribution in [-0.4, -0.2) is 89.4 Å². The maximum atomic E-state index is 12.4. The molecule has 8 nitrogen and oxygen atoms in total. The van der Waals surface area contributed by atoms with Gasteiger partial charge in [0.2, 0.25) is 0 Å². The van der Waals surface area contributed by atoms with Gasteiger partial charge in [0.25, 0.3) is 5.91 Å². The second kappa shape index (κ2) is 9.41. The summed E-state index contributed by atoms with van der Waals surface area (Å²) in [6.45, 7) is 5.84. The number of rotatable bonds is 4. The Morgan fingerprint density at radius 2 is 1.82 bits per heavy atom. The Hall–Kier alpha value is -2.09. The van der Waals surface area contributed by atoms with Gasteiger partial charge >= 0.3 is 6.09 Å². The van der Waals surface area contributed by atoms with E-state index in [1.807, 2.05) is 22.6 Å². The van der Waals surface area contributed by atoms with Crippen LogP contribution in [0.4, 0.5) is 4.79 Å². The molecule has 0 bridgehead atoms. The van der Waals surface area contributed by atoms with Gasteiger partial charge in [-0.3, -0.25) is 9.48 Å². The van der Waals surface area contributed by atoms with Crippen molar-refractivity contribution in [1.29, 1.82) is 0 Å². The lowest BCUT2D eigenvalue weighted by Crippen LogP contribution is -2.43. The second-order valence-electron chi connectivity index (χ2n) is 7.90. The lowest BCUT2D eigenvalue weighted by molar-refractivity contribution is 0.0797. The first-order valence-electron chi connectivity index (χ1n) is 10.4. The number of aromatic nitrogens is 2. The highest BCUT2D eigenvalue weighted by molar-refractivity contribution is 5.92. The van der Waals surface area contributed by atoms with E-state index in [0.717, 1.165) is 58.3 Å². The number of likely N-dealkylation sites (tertiary alicyclic amines) is 2. The van der Waals surface area contributed by atoms with Crippen LogP contribution < -0.4 is 0 Å². The van der Waals surface area contributed by atoms with Gasteiger partial charge in [-0.05, 0) is 45.1 Å². The van der Waals surface area contributed by atoms with Crippen molar-refractivity contribution in [2.24, 2.45) is 0 Å². The number of hydrogen-bond acceptors (Lipinski definition) is 5. The number of carbonyl (C=O) groups is 2. The maximum Gasteiger partial charge on any atom is 0.409 e. The molecule has 2 aliphatic heterocycles. The Morgan fingerprint density at radius 1 is 1.11 bits per heavy atom. The number of amides is 2. The summed E-state index contributed by atoms with van der Waals surface area (Å²) in [5.74, 6) is 0.00255. The van der Waals surface area contributed by atoms with Gasteiger partial charge in [0.05, 0.1) is 12.6 Å². The van der Waals surface area contributed by atoms with Gasteiger partial charge in [-0.2, -0.15) is 5.10 Å². The molecule has 0 spiro atoms. The lowest BCUT2D eigenvalue weighted by Gasteiger charge is -2.37. The van der Waals surface area contributed by atoms with E-state index in [2.05, 4.69) is 10.00 Å². The number of carbonyl (C=O) groups excluding carboxylic acids is 2. The Kier molecular flexibility index (Phi) is 6.93. The van der Waals surface area contributed by atoms with E-state index in [1.54, 1.807) is 25.2 Å². The standard InChI is InChI=1S/C20H33N5O3/c1-4-28-20(27)24-12-5-6-16(8-15-24)23-13-9-17(10-14-23)25-18(7-11-21-25)19(26)22(2)3/h7,11,16-17H,4-6,8-10,12-15H2,1-3H3. The topological polar surface area (TPSA) is 70.9 Å². The third kappa shape index (κ3) is 4.66. The van der Waals surface area contributed by atoms with Gasteiger partial charge in [0.15, 0.2) is 0 Å². The van der Waals surface area contributed by atoms with Gasteiger partial charge in [-0.25, -0.2) is 4.79 Å². The molecule has 1 unspecified atom stereocenters. The van der Waals surface area contributed by atoms with Gasteiger partial charge in [-0.15, -0.1) is 0 Å². The summed E-state index contributed by atoms with van der Waals surface area (Å²) in [5, 5.41) is 4.44. The lowest BCUT2D eigenvalue weighted by atomic mass is 10.00. The van der Waals surface area contributed by atoms with Crippen LogP contribution in [0, 0.1) is 0 Å². The molecule has 1 aromatic heterocycles. The third-order valence-electron chi connectivity index (χ3n) is 5.88. The molecule has 3 rings (SSSR count). The smallest absolute Gasteiger partial charge is 0.409 e. The third-order valence-corrected chi connectivity index (χ3v) is 5.88. The van der Waals surface area contributed by atoms with Crippen LogP contribution in [0.2, 0.25) is 0 Å². The predicted octanol–water partition coefficient (Wildman–Crippen LogP) is 2.23. The fraction of sp³-hybridized carbons (Fsp3) is 0.750. The molecule has 1 aromatic rings. The number of piperidine rings is 1. The number of nitrogens with zero attached hydrogens (tertiary/aromatic N) is 5. The minimum Gasteiger partial charge on any atom is -0.450 e. The average molecular weight is 392 g/mol. The van der Waals surface area contributed by atoms with Gasteiger partial charge in [0.1, 0.15) is 5.69 Å². The molecule has 2 amide bonds. The van der Waals surface area contributed by atoms with Crippen molar-refractivity contribution in [1.82, 2.24) is 24.5 Å². The molecular formula is C20H33N5O3. The Balaban J connectivity index is 1.54. The Bertz CT molecular complexity index is 667.